The van der Waals surface area contributed by atoms with Crippen LogP contribution in [0.1, 0.15) is 0 Å². The van der Waals surface area contributed by atoms with Crippen LogP contribution in [0.25, 0.3) is 0 Å². The van der Waals surface area contributed by atoms with Gasteiger partial charge in [-0.25, -0.2) is 9.59 Å². The zero-order chi connectivity index (χ0) is 20.1. The first kappa shape index (κ1) is 20.5. The van der Waals surface area contributed by atoms with E-state index in [-0.39, 0.29) is 12.5 Å². The van der Waals surface area contributed by atoms with Gasteiger partial charge in [-0.05, 0) is 12.1 Å². The molecule has 28 heavy (non-hydrogen) atoms. The number of piperazine rings is 1. The Balaban J connectivity index is 1.62. The molecule has 0 aromatic heterocycles. The Morgan fingerprint density at radius 2 is 1.64 bits per heavy atom. The molecule has 9 heteroatoms. The number of carbonyl (C=O) groups is 3. The average Bonchev–Trinajstić information content (AvgIpc) is 3.19. The Labute approximate surface area is 168 Å². The van der Waals surface area contributed by atoms with Crippen LogP contribution in [0, 0.1) is 0 Å². The Bertz CT molecular complexity index is 685. The van der Waals surface area contributed by atoms with Crippen molar-refractivity contribution in [1.29, 1.82) is 0 Å². The van der Waals surface area contributed by atoms with Gasteiger partial charge >= 0.3 is 11.9 Å². The first-order valence-corrected chi connectivity index (χ1v) is 10.2. The second kappa shape index (κ2) is 9.29. The number of methoxy groups -OCH3 is 2. The molecule has 0 spiro atoms. The minimum absolute atomic E-state index is 0.157. The van der Waals surface area contributed by atoms with E-state index in [0.29, 0.717) is 5.75 Å². The van der Waals surface area contributed by atoms with Gasteiger partial charge in [0.05, 0.1) is 20.8 Å². The number of esters is 2. The predicted molar refractivity (Wildman–Crippen MR) is 106 cm³/mol. The first-order valence-electron chi connectivity index (χ1n) is 9.16. The molecule has 0 aliphatic carbocycles. The third kappa shape index (κ3) is 4.41. The molecule has 1 aromatic carbocycles. The van der Waals surface area contributed by atoms with Crippen molar-refractivity contribution in [2.24, 2.45) is 0 Å². The average molecular weight is 407 g/mol. The molecule has 2 saturated heterocycles. The molecule has 152 valence electrons. The molecule has 2 aliphatic heterocycles. The number of thioether (sulfide) groups is 1. The van der Waals surface area contributed by atoms with E-state index in [1.807, 2.05) is 23.1 Å². The Hall–Kier alpha value is -2.26. The second-order valence-corrected chi connectivity index (χ2v) is 7.76. The fourth-order valence-corrected chi connectivity index (χ4v) is 4.81. The van der Waals surface area contributed by atoms with Gasteiger partial charge in [0.15, 0.2) is 5.37 Å². The molecular weight excluding hydrogens is 382 g/mol. The lowest BCUT2D eigenvalue weighted by Crippen LogP contribution is -2.54. The number of ether oxygens (including phenoxy) is 2. The molecule has 2 fully saturated rings. The maximum atomic E-state index is 13.0. The minimum atomic E-state index is -0.813. The number of para-hydroxylation sites is 1. The van der Waals surface area contributed by atoms with Crippen molar-refractivity contribution in [3.8, 4) is 0 Å². The Morgan fingerprint density at radius 1 is 1.00 bits per heavy atom. The largest absolute Gasteiger partial charge is 0.467 e. The standard InChI is InChI=1S/C19H25N3O5S/c1-26-18(24)15-13-28-17(19(25)27-2)22(15)16(23)12-20-8-10-21(11-9-20)14-6-4-3-5-7-14/h3-7,15,17H,8-13H2,1-2H3/t15-,17-/m1/s1. The van der Waals surface area contributed by atoms with E-state index in [4.69, 9.17) is 9.47 Å². The van der Waals surface area contributed by atoms with Crippen LogP contribution in [0.4, 0.5) is 5.69 Å². The molecule has 1 amide bonds. The van der Waals surface area contributed by atoms with Crippen molar-refractivity contribution in [3.05, 3.63) is 30.3 Å². The predicted octanol–water partition coefficient (Wildman–Crippen LogP) is 0.425. The van der Waals surface area contributed by atoms with E-state index in [9.17, 15) is 14.4 Å². The Kier molecular flexibility index (Phi) is 6.79. The SMILES string of the molecule is COC(=O)[C@H]1CS[C@H](C(=O)OC)N1C(=O)CN1CCN(c2ccccc2)CC1. The quantitative estimate of drug-likeness (QED) is 0.650. The number of benzene rings is 1. The van der Waals surface area contributed by atoms with Crippen molar-refractivity contribution in [2.75, 3.05) is 57.6 Å². The number of hydrogen-bond acceptors (Lipinski definition) is 8. The fraction of sp³-hybridized carbons (Fsp3) is 0.526. The van der Waals surface area contributed by atoms with Gasteiger partial charge in [-0.3, -0.25) is 9.69 Å². The molecule has 2 heterocycles. The van der Waals surface area contributed by atoms with Crippen LogP contribution in [0.2, 0.25) is 0 Å². The van der Waals surface area contributed by atoms with Gasteiger partial charge in [0, 0.05) is 37.6 Å². The summed E-state index contributed by atoms with van der Waals surface area (Å²) in [4.78, 5) is 42.8. The summed E-state index contributed by atoms with van der Waals surface area (Å²) < 4.78 is 9.61. The number of rotatable bonds is 5. The van der Waals surface area contributed by atoms with Gasteiger partial charge in [-0.15, -0.1) is 11.8 Å². The van der Waals surface area contributed by atoms with E-state index in [2.05, 4.69) is 17.0 Å². The van der Waals surface area contributed by atoms with Crippen molar-refractivity contribution in [2.45, 2.75) is 11.4 Å². The summed E-state index contributed by atoms with van der Waals surface area (Å²) in [6.07, 6.45) is 0. The molecule has 1 aromatic rings. The highest BCUT2D eigenvalue weighted by molar-refractivity contribution is 8.00. The summed E-state index contributed by atoms with van der Waals surface area (Å²) in [7, 11) is 2.56. The number of anilines is 1. The summed E-state index contributed by atoms with van der Waals surface area (Å²) >= 11 is 1.23. The fourth-order valence-electron chi connectivity index (χ4n) is 3.49. The monoisotopic (exact) mass is 407 g/mol. The lowest BCUT2D eigenvalue weighted by Gasteiger charge is -2.37. The van der Waals surface area contributed by atoms with Gasteiger partial charge in [0.2, 0.25) is 5.91 Å². The molecule has 0 N–H and O–H groups in total. The molecule has 3 rings (SSSR count). The van der Waals surface area contributed by atoms with E-state index in [1.54, 1.807) is 0 Å². The first-order chi connectivity index (χ1) is 13.5. The summed E-state index contributed by atoms with van der Waals surface area (Å²) in [6.45, 7) is 3.24. The van der Waals surface area contributed by atoms with Crippen LogP contribution in [0.3, 0.4) is 0 Å². The van der Waals surface area contributed by atoms with E-state index < -0.39 is 23.4 Å². The number of hydrogen-bond donors (Lipinski definition) is 0. The maximum absolute atomic E-state index is 13.0. The molecule has 0 radical (unpaired) electrons. The van der Waals surface area contributed by atoms with Gasteiger partial charge in [0.25, 0.3) is 0 Å². The van der Waals surface area contributed by atoms with E-state index in [1.165, 1.54) is 36.6 Å². The van der Waals surface area contributed by atoms with Gasteiger partial charge in [-0.2, -0.15) is 0 Å². The van der Waals surface area contributed by atoms with Crippen LogP contribution in [0.5, 0.6) is 0 Å². The molecule has 8 nitrogen and oxygen atoms in total. The van der Waals surface area contributed by atoms with Crippen molar-refractivity contribution < 1.29 is 23.9 Å². The maximum Gasteiger partial charge on any atom is 0.339 e. The van der Waals surface area contributed by atoms with Crippen molar-refractivity contribution in [3.63, 3.8) is 0 Å². The molecule has 0 bridgehead atoms. The summed E-state index contributed by atoms with van der Waals surface area (Å²) in [5.74, 6) is -0.983. The van der Waals surface area contributed by atoms with Crippen molar-refractivity contribution in [1.82, 2.24) is 9.80 Å². The molecule has 0 unspecified atom stereocenters. The summed E-state index contributed by atoms with van der Waals surface area (Å²) in [5.41, 5.74) is 1.17. The second-order valence-electron chi connectivity index (χ2n) is 6.65. The Morgan fingerprint density at radius 3 is 2.25 bits per heavy atom. The van der Waals surface area contributed by atoms with Crippen molar-refractivity contribution >= 4 is 35.3 Å². The van der Waals surface area contributed by atoms with Crippen LogP contribution in [0.15, 0.2) is 30.3 Å². The lowest BCUT2D eigenvalue weighted by atomic mass is 10.2. The molecule has 2 atom stereocenters. The molecular formula is C19H25N3O5S. The van der Waals surface area contributed by atoms with Gasteiger partial charge in [-0.1, -0.05) is 18.2 Å². The number of carbonyl (C=O) groups excluding carboxylic acids is 3. The topological polar surface area (TPSA) is 79.4 Å². The van der Waals surface area contributed by atoms with Crippen LogP contribution >= 0.6 is 11.8 Å². The zero-order valence-electron chi connectivity index (χ0n) is 16.1. The highest BCUT2D eigenvalue weighted by Crippen LogP contribution is 2.31. The van der Waals surface area contributed by atoms with E-state index in [0.717, 1.165) is 26.2 Å². The lowest BCUT2D eigenvalue weighted by molar-refractivity contribution is -0.157. The summed E-state index contributed by atoms with van der Waals surface area (Å²) in [5, 5.41) is -0.813. The van der Waals surface area contributed by atoms with Gasteiger partial charge < -0.3 is 19.3 Å². The number of amides is 1. The van der Waals surface area contributed by atoms with Gasteiger partial charge in [0.1, 0.15) is 6.04 Å². The molecule has 0 saturated carbocycles. The zero-order valence-corrected chi connectivity index (χ0v) is 16.9. The van der Waals surface area contributed by atoms with Crippen LogP contribution in [-0.4, -0.2) is 91.8 Å². The summed E-state index contributed by atoms with van der Waals surface area (Å²) in [6, 6.07) is 9.39. The van der Waals surface area contributed by atoms with E-state index >= 15 is 0 Å². The minimum Gasteiger partial charge on any atom is -0.467 e. The highest BCUT2D eigenvalue weighted by Gasteiger charge is 2.46. The van der Waals surface area contributed by atoms with Crippen LogP contribution in [-0.2, 0) is 23.9 Å². The normalized spacial score (nSPS) is 22.8. The smallest absolute Gasteiger partial charge is 0.339 e. The third-order valence-electron chi connectivity index (χ3n) is 5.02. The van der Waals surface area contributed by atoms with Crippen LogP contribution < -0.4 is 4.90 Å². The number of nitrogens with zero attached hydrogens (tertiary/aromatic N) is 3. The third-order valence-corrected chi connectivity index (χ3v) is 6.26. The molecule has 2 aliphatic rings. The highest BCUT2D eigenvalue weighted by atomic mass is 32.2.